The number of fused-ring (bicyclic) bond motifs is 1. The van der Waals surface area contributed by atoms with Gasteiger partial charge in [0.05, 0.1) is 5.69 Å². The average molecular weight is 361 g/mol. The van der Waals surface area contributed by atoms with Crippen molar-refractivity contribution in [2.45, 2.75) is 20.0 Å². The highest BCUT2D eigenvalue weighted by Crippen LogP contribution is 2.30. The lowest BCUT2D eigenvalue weighted by molar-refractivity contribution is 0.0946. The van der Waals surface area contributed by atoms with Crippen molar-refractivity contribution in [2.75, 3.05) is 0 Å². The van der Waals surface area contributed by atoms with Crippen molar-refractivity contribution in [3.63, 3.8) is 0 Å². The summed E-state index contributed by atoms with van der Waals surface area (Å²) in [6.45, 7) is 3.48. The number of benzene rings is 2. The fraction of sp³-hybridized carbons (Fsp3) is 0.143. The number of thiazole rings is 1. The third-order valence-electron chi connectivity index (χ3n) is 4.38. The minimum atomic E-state index is -0.143. The van der Waals surface area contributed by atoms with Crippen LogP contribution in [0.3, 0.4) is 0 Å². The Bertz CT molecular complexity index is 1050. The lowest BCUT2D eigenvalue weighted by Gasteiger charge is -2.05. The van der Waals surface area contributed by atoms with E-state index in [2.05, 4.69) is 40.0 Å². The Morgan fingerprint density at radius 2 is 1.88 bits per heavy atom. The molecular weight excluding hydrogens is 342 g/mol. The Kier molecular flexibility index (Phi) is 4.54. The monoisotopic (exact) mass is 361 g/mol. The lowest BCUT2D eigenvalue weighted by atomic mass is 10.2. The lowest BCUT2D eigenvalue weighted by Crippen LogP contribution is -2.23. The van der Waals surface area contributed by atoms with Gasteiger partial charge in [0.1, 0.15) is 10.7 Å². The highest BCUT2D eigenvalue weighted by molar-refractivity contribution is 7.13. The van der Waals surface area contributed by atoms with Crippen LogP contribution in [-0.4, -0.2) is 15.5 Å². The molecule has 0 spiro atoms. The minimum Gasteiger partial charge on any atom is -0.347 e. The predicted octanol–water partition coefficient (Wildman–Crippen LogP) is 4.71. The summed E-state index contributed by atoms with van der Waals surface area (Å²) in [5.74, 6) is -0.143. The number of nitrogens with one attached hydrogen (secondary N) is 1. The standard InChI is InChI=1S/C21H19N3OS/c1-2-24-18-11-7-6-10-16(18)12-19(24)21-23-17(14-26-21)20(25)22-13-15-8-4-3-5-9-15/h3-12,14H,2,13H2,1H3,(H,22,25). The van der Waals surface area contributed by atoms with Crippen molar-refractivity contribution in [3.8, 4) is 10.7 Å². The summed E-state index contributed by atoms with van der Waals surface area (Å²) >= 11 is 1.50. The van der Waals surface area contributed by atoms with Gasteiger partial charge in [-0.1, -0.05) is 48.5 Å². The molecule has 4 aromatic rings. The molecule has 130 valence electrons. The second-order valence-corrected chi connectivity index (χ2v) is 6.90. The van der Waals surface area contributed by atoms with Gasteiger partial charge < -0.3 is 9.88 Å². The van der Waals surface area contributed by atoms with Crippen LogP contribution >= 0.6 is 11.3 Å². The molecule has 0 fully saturated rings. The van der Waals surface area contributed by atoms with Crippen LogP contribution in [0.2, 0.25) is 0 Å². The maximum Gasteiger partial charge on any atom is 0.271 e. The summed E-state index contributed by atoms with van der Waals surface area (Å²) in [5.41, 5.74) is 3.78. The van der Waals surface area contributed by atoms with E-state index in [4.69, 9.17) is 0 Å². The third kappa shape index (κ3) is 3.13. The Balaban J connectivity index is 1.57. The van der Waals surface area contributed by atoms with E-state index >= 15 is 0 Å². The molecule has 26 heavy (non-hydrogen) atoms. The summed E-state index contributed by atoms with van der Waals surface area (Å²) in [7, 11) is 0. The number of hydrogen-bond donors (Lipinski definition) is 1. The zero-order chi connectivity index (χ0) is 17.9. The molecule has 1 amide bonds. The van der Waals surface area contributed by atoms with Crippen molar-refractivity contribution in [2.24, 2.45) is 0 Å². The summed E-state index contributed by atoms with van der Waals surface area (Å²) in [5, 5.41) is 6.82. The molecule has 0 unspecified atom stereocenters. The van der Waals surface area contributed by atoms with Gasteiger partial charge in [0.2, 0.25) is 0 Å². The Morgan fingerprint density at radius 3 is 2.69 bits per heavy atom. The maximum absolute atomic E-state index is 12.4. The van der Waals surface area contributed by atoms with Crippen LogP contribution in [0.25, 0.3) is 21.6 Å². The Hall–Kier alpha value is -2.92. The molecule has 4 rings (SSSR count). The van der Waals surface area contributed by atoms with Crippen molar-refractivity contribution >= 4 is 28.1 Å². The molecule has 1 N–H and O–H groups in total. The summed E-state index contributed by atoms with van der Waals surface area (Å²) in [6, 6.07) is 20.3. The van der Waals surface area contributed by atoms with E-state index in [0.29, 0.717) is 12.2 Å². The van der Waals surface area contributed by atoms with Crippen LogP contribution in [0, 0.1) is 0 Å². The van der Waals surface area contributed by atoms with Crippen LogP contribution in [0.4, 0.5) is 0 Å². The van der Waals surface area contributed by atoms with E-state index in [1.807, 2.05) is 47.8 Å². The van der Waals surface area contributed by atoms with Crippen LogP contribution in [0.1, 0.15) is 23.0 Å². The molecule has 0 aliphatic heterocycles. The normalized spacial score (nSPS) is 11.0. The molecule has 0 saturated carbocycles. The topological polar surface area (TPSA) is 46.9 Å². The Labute approximate surface area is 156 Å². The molecule has 0 radical (unpaired) electrons. The van der Waals surface area contributed by atoms with Crippen LogP contribution in [0.5, 0.6) is 0 Å². The number of amides is 1. The molecular formula is C21H19N3OS. The number of aromatic nitrogens is 2. The second-order valence-electron chi connectivity index (χ2n) is 6.04. The number of hydrogen-bond acceptors (Lipinski definition) is 3. The van der Waals surface area contributed by atoms with Crippen molar-refractivity contribution in [1.29, 1.82) is 0 Å². The van der Waals surface area contributed by atoms with Crippen LogP contribution in [0.15, 0.2) is 66.0 Å². The van der Waals surface area contributed by atoms with Crippen molar-refractivity contribution in [1.82, 2.24) is 14.9 Å². The van der Waals surface area contributed by atoms with Gasteiger partial charge in [0.15, 0.2) is 0 Å². The van der Waals surface area contributed by atoms with E-state index in [9.17, 15) is 4.79 Å². The van der Waals surface area contributed by atoms with Gasteiger partial charge in [-0.15, -0.1) is 11.3 Å². The van der Waals surface area contributed by atoms with Gasteiger partial charge in [0, 0.05) is 29.4 Å². The van der Waals surface area contributed by atoms with Crippen molar-refractivity contribution in [3.05, 3.63) is 77.3 Å². The number of nitrogens with zero attached hydrogens (tertiary/aromatic N) is 2. The van der Waals surface area contributed by atoms with Gasteiger partial charge >= 0.3 is 0 Å². The number of carbonyl (C=O) groups excluding carboxylic acids is 1. The van der Waals surface area contributed by atoms with Gasteiger partial charge in [-0.2, -0.15) is 0 Å². The number of rotatable bonds is 5. The number of aryl methyl sites for hydroxylation is 1. The predicted molar refractivity (Wildman–Crippen MR) is 106 cm³/mol. The molecule has 0 saturated heterocycles. The SMILES string of the molecule is CCn1c(-c2nc(C(=O)NCc3ccccc3)cs2)cc2ccccc21. The van der Waals surface area contributed by atoms with Gasteiger partial charge in [-0.05, 0) is 24.6 Å². The number of carbonyl (C=O) groups is 1. The molecule has 0 bridgehead atoms. The van der Waals surface area contributed by atoms with E-state index < -0.39 is 0 Å². The third-order valence-corrected chi connectivity index (χ3v) is 5.24. The average Bonchev–Trinajstić information content (AvgIpc) is 3.31. The smallest absolute Gasteiger partial charge is 0.271 e. The first kappa shape index (κ1) is 16.5. The van der Waals surface area contributed by atoms with E-state index in [1.165, 1.54) is 22.2 Å². The van der Waals surface area contributed by atoms with Crippen LogP contribution < -0.4 is 5.32 Å². The molecule has 2 aromatic carbocycles. The zero-order valence-electron chi connectivity index (χ0n) is 14.5. The van der Waals surface area contributed by atoms with E-state index in [-0.39, 0.29) is 5.91 Å². The first-order valence-electron chi connectivity index (χ1n) is 8.62. The second kappa shape index (κ2) is 7.14. The number of para-hydroxylation sites is 1. The largest absolute Gasteiger partial charge is 0.347 e. The first-order chi connectivity index (χ1) is 12.8. The van der Waals surface area contributed by atoms with Gasteiger partial charge in [0.25, 0.3) is 5.91 Å². The molecule has 2 aromatic heterocycles. The minimum absolute atomic E-state index is 0.143. The highest BCUT2D eigenvalue weighted by atomic mass is 32.1. The Morgan fingerprint density at radius 1 is 1.12 bits per heavy atom. The van der Waals surface area contributed by atoms with Gasteiger partial charge in [-0.3, -0.25) is 4.79 Å². The fourth-order valence-electron chi connectivity index (χ4n) is 3.09. The van der Waals surface area contributed by atoms with Crippen LogP contribution in [-0.2, 0) is 13.1 Å². The summed E-state index contributed by atoms with van der Waals surface area (Å²) in [6.07, 6.45) is 0. The quantitative estimate of drug-likeness (QED) is 0.559. The summed E-state index contributed by atoms with van der Waals surface area (Å²) < 4.78 is 2.24. The highest BCUT2D eigenvalue weighted by Gasteiger charge is 2.15. The van der Waals surface area contributed by atoms with Gasteiger partial charge in [-0.25, -0.2) is 4.98 Å². The molecule has 0 atom stereocenters. The molecule has 2 heterocycles. The van der Waals surface area contributed by atoms with E-state index in [0.717, 1.165) is 22.8 Å². The molecule has 0 aliphatic rings. The fourth-order valence-corrected chi connectivity index (χ4v) is 3.92. The van der Waals surface area contributed by atoms with E-state index in [1.54, 1.807) is 0 Å². The molecule has 5 heteroatoms. The summed E-state index contributed by atoms with van der Waals surface area (Å²) in [4.78, 5) is 17.0. The molecule has 4 nitrogen and oxygen atoms in total. The maximum atomic E-state index is 12.4. The van der Waals surface area contributed by atoms with Crippen molar-refractivity contribution < 1.29 is 4.79 Å². The first-order valence-corrected chi connectivity index (χ1v) is 9.50. The molecule has 0 aliphatic carbocycles. The zero-order valence-corrected chi connectivity index (χ0v) is 15.3.